The minimum atomic E-state index is -4.09. The van der Waals surface area contributed by atoms with Crippen LogP contribution in [0.1, 0.15) is 13.8 Å². The Morgan fingerprint density at radius 2 is 1.61 bits per heavy atom. The molecule has 3 aromatic rings. The summed E-state index contributed by atoms with van der Waals surface area (Å²) in [7, 11) is -4.09. The lowest BCUT2D eigenvalue weighted by Gasteiger charge is -2.25. The van der Waals surface area contributed by atoms with Crippen molar-refractivity contribution in [2.45, 2.75) is 18.7 Å². The number of urea groups is 1. The Labute approximate surface area is 218 Å². The molecule has 0 radical (unpaired) electrons. The predicted octanol–water partition coefficient (Wildman–Crippen LogP) is 6.19. The molecule has 3 aromatic carbocycles. The number of nitro benzene ring substituents is 1. The van der Waals surface area contributed by atoms with E-state index in [4.69, 9.17) is 23.2 Å². The summed E-state index contributed by atoms with van der Waals surface area (Å²) in [4.78, 5) is 24.8. The highest BCUT2D eigenvalue weighted by Gasteiger charge is 2.20. The second kappa shape index (κ2) is 11.5. The van der Waals surface area contributed by atoms with Crippen LogP contribution in [-0.4, -0.2) is 32.5 Å². The molecule has 0 fully saturated rings. The van der Waals surface area contributed by atoms with Crippen molar-refractivity contribution in [1.82, 2.24) is 0 Å². The number of anilines is 4. The van der Waals surface area contributed by atoms with Crippen LogP contribution < -0.4 is 20.3 Å². The molecule has 0 aromatic heterocycles. The Hall–Kier alpha value is -3.54. The average molecular weight is 552 g/mol. The van der Waals surface area contributed by atoms with Gasteiger partial charge in [0.2, 0.25) is 0 Å². The van der Waals surface area contributed by atoms with Crippen LogP contribution in [0.5, 0.6) is 0 Å². The van der Waals surface area contributed by atoms with Crippen molar-refractivity contribution >= 4 is 67.7 Å². The van der Waals surface area contributed by atoms with Gasteiger partial charge in [-0.05, 0) is 62.4 Å². The van der Waals surface area contributed by atoms with Crippen LogP contribution in [-0.2, 0) is 10.0 Å². The normalized spacial score (nSPS) is 11.0. The van der Waals surface area contributed by atoms with Crippen LogP contribution in [0, 0.1) is 10.1 Å². The molecule has 0 saturated heterocycles. The number of benzene rings is 3. The molecule has 0 atom stereocenters. The van der Waals surface area contributed by atoms with Gasteiger partial charge in [-0.15, -0.1) is 0 Å². The maximum absolute atomic E-state index is 13.1. The zero-order valence-electron chi connectivity index (χ0n) is 19.3. The Balaban J connectivity index is 1.91. The molecule has 3 rings (SSSR count). The van der Waals surface area contributed by atoms with E-state index in [-0.39, 0.29) is 27.0 Å². The Bertz CT molecular complexity index is 1380. The van der Waals surface area contributed by atoms with Crippen LogP contribution >= 0.6 is 23.2 Å². The number of nitrogens with one attached hydrogen (secondary N) is 3. The molecule has 3 N–H and O–H groups in total. The molecule has 10 nitrogen and oxygen atoms in total. The highest BCUT2D eigenvalue weighted by Crippen LogP contribution is 2.32. The standard InChI is InChI=1S/C23H23Cl2N5O5S/c1-3-29(4-2)22-12-10-18(36(34,35)28-20-13-15(24)5-11-19(20)25)14-21(22)27-23(31)26-16-6-8-17(9-7-16)30(32)33/h5-14,28H,3-4H2,1-2H3,(H2,26,27,31). The SMILES string of the molecule is CCN(CC)c1ccc(S(=O)(=O)Nc2cc(Cl)ccc2Cl)cc1NC(=O)Nc1ccc([N+](=O)[O-])cc1. The van der Waals surface area contributed by atoms with Gasteiger partial charge in [-0.1, -0.05) is 23.2 Å². The molecule has 0 spiro atoms. The maximum atomic E-state index is 13.1. The average Bonchev–Trinajstić information content (AvgIpc) is 2.83. The van der Waals surface area contributed by atoms with Crippen LogP contribution in [0.25, 0.3) is 0 Å². The molecule has 0 aliphatic heterocycles. The monoisotopic (exact) mass is 551 g/mol. The van der Waals surface area contributed by atoms with Gasteiger partial charge in [0.1, 0.15) is 0 Å². The van der Waals surface area contributed by atoms with E-state index in [1.807, 2.05) is 18.7 Å². The van der Waals surface area contributed by atoms with Gasteiger partial charge >= 0.3 is 6.03 Å². The highest BCUT2D eigenvalue weighted by atomic mass is 35.5. The fourth-order valence-corrected chi connectivity index (χ4v) is 4.84. The van der Waals surface area contributed by atoms with Gasteiger partial charge in [0.25, 0.3) is 15.7 Å². The second-order valence-electron chi connectivity index (χ2n) is 7.46. The first kappa shape index (κ1) is 27.1. The van der Waals surface area contributed by atoms with E-state index in [0.717, 1.165) is 0 Å². The number of hydrogen-bond acceptors (Lipinski definition) is 6. The molecule has 190 valence electrons. The molecule has 0 aliphatic rings. The molecule has 0 heterocycles. The fraction of sp³-hybridized carbons (Fsp3) is 0.174. The van der Waals surface area contributed by atoms with Gasteiger partial charge in [-0.25, -0.2) is 13.2 Å². The fourth-order valence-electron chi connectivity index (χ4n) is 3.35. The number of nitro groups is 1. The lowest BCUT2D eigenvalue weighted by molar-refractivity contribution is -0.384. The summed E-state index contributed by atoms with van der Waals surface area (Å²) in [5.74, 6) is 0. The van der Waals surface area contributed by atoms with Crippen molar-refractivity contribution in [1.29, 1.82) is 0 Å². The number of carbonyl (C=O) groups excluding carboxylic acids is 1. The first-order chi connectivity index (χ1) is 17.0. The summed E-state index contributed by atoms with van der Waals surface area (Å²) in [6.07, 6.45) is 0. The molecule has 0 aliphatic carbocycles. The smallest absolute Gasteiger partial charge is 0.323 e. The maximum Gasteiger partial charge on any atom is 0.323 e. The number of non-ortho nitro benzene ring substituents is 1. The second-order valence-corrected chi connectivity index (χ2v) is 9.99. The van der Waals surface area contributed by atoms with Crippen molar-refractivity contribution in [2.24, 2.45) is 0 Å². The summed E-state index contributed by atoms with van der Waals surface area (Å²) in [6, 6.07) is 13.4. The molecule has 36 heavy (non-hydrogen) atoms. The first-order valence-corrected chi connectivity index (χ1v) is 13.0. The Morgan fingerprint density at radius 1 is 0.944 bits per heavy atom. The van der Waals surface area contributed by atoms with Crippen LogP contribution in [0.4, 0.5) is 33.2 Å². The summed E-state index contributed by atoms with van der Waals surface area (Å²) in [6.45, 7) is 5.07. The molecule has 13 heteroatoms. The predicted molar refractivity (Wildman–Crippen MR) is 143 cm³/mol. The third-order valence-electron chi connectivity index (χ3n) is 5.14. The summed E-state index contributed by atoms with van der Waals surface area (Å²) < 4.78 is 28.6. The zero-order valence-corrected chi connectivity index (χ0v) is 21.6. The molecular formula is C23H23Cl2N5O5S. The number of amides is 2. The van der Waals surface area contributed by atoms with E-state index in [2.05, 4.69) is 15.4 Å². The van der Waals surface area contributed by atoms with Crippen molar-refractivity contribution in [3.05, 3.63) is 80.8 Å². The molecule has 0 saturated carbocycles. The largest absolute Gasteiger partial charge is 0.370 e. The van der Waals surface area contributed by atoms with Crippen molar-refractivity contribution in [3.8, 4) is 0 Å². The number of carbonyl (C=O) groups is 1. The molecular weight excluding hydrogens is 529 g/mol. The van der Waals surface area contributed by atoms with Gasteiger partial charge in [0.15, 0.2) is 0 Å². The third kappa shape index (κ3) is 6.56. The van der Waals surface area contributed by atoms with Gasteiger partial charge in [-0.2, -0.15) is 0 Å². The van der Waals surface area contributed by atoms with Crippen LogP contribution in [0.3, 0.4) is 0 Å². The van der Waals surface area contributed by atoms with E-state index in [1.54, 1.807) is 6.07 Å². The summed E-state index contributed by atoms with van der Waals surface area (Å²) >= 11 is 12.1. The lowest BCUT2D eigenvalue weighted by Crippen LogP contribution is -2.26. The minimum absolute atomic E-state index is 0.111. The van der Waals surface area contributed by atoms with Crippen molar-refractivity contribution < 1.29 is 18.1 Å². The van der Waals surface area contributed by atoms with Crippen LogP contribution in [0.2, 0.25) is 10.0 Å². The Kier molecular flexibility index (Phi) is 8.62. The van der Waals surface area contributed by atoms with Gasteiger partial charge < -0.3 is 15.5 Å². The lowest BCUT2D eigenvalue weighted by atomic mass is 10.2. The van der Waals surface area contributed by atoms with E-state index in [0.29, 0.717) is 29.5 Å². The van der Waals surface area contributed by atoms with Gasteiger partial charge in [-0.3, -0.25) is 14.8 Å². The van der Waals surface area contributed by atoms with E-state index in [9.17, 15) is 23.3 Å². The molecule has 0 bridgehead atoms. The number of hydrogen-bond donors (Lipinski definition) is 3. The number of sulfonamides is 1. The zero-order chi connectivity index (χ0) is 26.5. The number of nitrogens with zero attached hydrogens (tertiary/aromatic N) is 2. The number of rotatable bonds is 9. The molecule has 0 unspecified atom stereocenters. The number of halogens is 2. The van der Waals surface area contributed by atoms with Crippen molar-refractivity contribution in [3.63, 3.8) is 0 Å². The van der Waals surface area contributed by atoms with Gasteiger partial charge in [0, 0.05) is 35.9 Å². The topological polar surface area (TPSA) is 134 Å². The van der Waals surface area contributed by atoms with Crippen molar-refractivity contribution in [2.75, 3.05) is 33.3 Å². The quantitative estimate of drug-likeness (QED) is 0.214. The minimum Gasteiger partial charge on any atom is -0.370 e. The third-order valence-corrected chi connectivity index (χ3v) is 7.07. The van der Waals surface area contributed by atoms with E-state index in [1.165, 1.54) is 54.6 Å². The van der Waals surface area contributed by atoms with E-state index < -0.39 is 21.0 Å². The summed E-state index contributed by atoms with van der Waals surface area (Å²) in [5, 5.41) is 16.6. The van der Waals surface area contributed by atoms with Gasteiger partial charge in [0.05, 0.1) is 31.9 Å². The summed E-state index contributed by atoms with van der Waals surface area (Å²) in [5.41, 5.74) is 1.18. The Morgan fingerprint density at radius 3 is 2.22 bits per heavy atom. The van der Waals surface area contributed by atoms with Crippen LogP contribution in [0.15, 0.2) is 65.6 Å². The molecule has 2 amide bonds. The highest BCUT2D eigenvalue weighted by molar-refractivity contribution is 7.92. The van der Waals surface area contributed by atoms with E-state index >= 15 is 0 Å². The first-order valence-electron chi connectivity index (χ1n) is 10.7.